The molecule has 1 aliphatic heterocycles. The molecule has 6 rings (SSSR count). The van der Waals surface area contributed by atoms with E-state index in [2.05, 4.69) is 45.0 Å². The molecule has 0 radical (unpaired) electrons. The maximum absolute atomic E-state index is 6.34. The van der Waals surface area contributed by atoms with Crippen LogP contribution in [0.15, 0.2) is 13.2 Å². The van der Waals surface area contributed by atoms with E-state index in [-0.39, 0.29) is 0 Å². The molecule has 6 aliphatic rings. The van der Waals surface area contributed by atoms with Crippen LogP contribution in [0.2, 0.25) is 0 Å². The Bertz CT molecular complexity index is 588. The van der Waals surface area contributed by atoms with Crippen LogP contribution in [-0.4, -0.2) is 23.4 Å². The summed E-state index contributed by atoms with van der Waals surface area (Å²) in [5, 5.41) is 4.16. The highest BCUT2D eigenvalue weighted by molar-refractivity contribution is 7.80. The molecule has 9 unspecified atom stereocenters. The largest absolute Gasteiger partial charge is 0.328 e. The van der Waals surface area contributed by atoms with E-state index in [1.165, 1.54) is 96.3 Å². The highest BCUT2D eigenvalue weighted by Gasteiger charge is 2.66. The fourth-order valence-electron chi connectivity index (χ4n) is 9.04. The summed E-state index contributed by atoms with van der Waals surface area (Å²) in [6.07, 6.45) is 21.8. The summed E-state index contributed by atoms with van der Waals surface area (Å²) < 4.78 is 0. The van der Waals surface area contributed by atoms with Gasteiger partial charge in [-0.25, -0.2) is 0 Å². The van der Waals surface area contributed by atoms with Crippen molar-refractivity contribution < 1.29 is 0 Å². The summed E-state index contributed by atoms with van der Waals surface area (Å²) in [7, 11) is 0. The number of hydrogen-bond acceptors (Lipinski definition) is 3. The summed E-state index contributed by atoms with van der Waals surface area (Å²) in [6, 6.07) is 1.35. The Morgan fingerprint density at radius 3 is 2.12 bits per heavy atom. The van der Waals surface area contributed by atoms with Gasteiger partial charge in [0.25, 0.3) is 0 Å². The Labute approximate surface area is 212 Å². The molecule has 0 bridgehead atoms. The molecule has 3 heteroatoms. The molecule has 6 fully saturated rings. The Morgan fingerprint density at radius 2 is 1.52 bits per heavy atom. The fourth-order valence-corrected chi connectivity index (χ4v) is 9.04. The van der Waals surface area contributed by atoms with Gasteiger partial charge in [0, 0.05) is 17.6 Å². The van der Waals surface area contributed by atoms with E-state index in [4.69, 9.17) is 5.73 Å². The van der Waals surface area contributed by atoms with Gasteiger partial charge in [0.2, 0.25) is 0 Å². The Morgan fingerprint density at radius 1 is 0.879 bits per heavy atom. The lowest BCUT2D eigenvalue weighted by molar-refractivity contribution is -0.126. The summed E-state index contributed by atoms with van der Waals surface area (Å²) in [6.45, 7) is 13.0. The van der Waals surface area contributed by atoms with Gasteiger partial charge >= 0.3 is 0 Å². The predicted octanol–water partition coefficient (Wildman–Crippen LogP) is 7.78. The molecule has 5 aliphatic carbocycles. The van der Waals surface area contributed by atoms with Crippen molar-refractivity contribution in [1.29, 1.82) is 0 Å². The van der Waals surface area contributed by atoms with E-state index in [1.807, 2.05) is 6.92 Å². The molecule has 33 heavy (non-hydrogen) atoms. The van der Waals surface area contributed by atoms with Gasteiger partial charge in [-0.1, -0.05) is 52.9 Å². The number of thiol groups is 1. The van der Waals surface area contributed by atoms with Crippen molar-refractivity contribution in [1.82, 2.24) is 5.32 Å². The number of nitrogens with one attached hydrogen (secondary N) is 1. The molecular formula is C30H56N2S. The van der Waals surface area contributed by atoms with Gasteiger partial charge in [-0.3, -0.25) is 0 Å². The van der Waals surface area contributed by atoms with Crippen LogP contribution in [0.5, 0.6) is 0 Å². The normalized spacial score (nSPS) is 46.4. The van der Waals surface area contributed by atoms with Gasteiger partial charge in [0.15, 0.2) is 0 Å². The van der Waals surface area contributed by atoms with E-state index in [0.717, 1.165) is 41.4 Å². The number of fused-ring (bicyclic) bond motifs is 4. The average Bonchev–Trinajstić information content (AvgIpc) is 3.06. The zero-order valence-electron chi connectivity index (χ0n) is 22.3. The van der Waals surface area contributed by atoms with Gasteiger partial charge in [-0.2, -0.15) is 12.6 Å². The first kappa shape index (κ1) is 27.6. The molecule has 1 saturated heterocycles. The monoisotopic (exact) mass is 476 g/mol. The molecular weight excluding hydrogens is 420 g/mol. The molecule has 192 valence electrons. The molecule has 0 amide bonds. The van der Waals surface area contributed by atoms with Crippen LogP contribution in [0.25, 0.3) is 0 Å². The summed E-state index contributed by atoms with van der Waals surface area (Å²) in [4.78, 5) is 0. The number of hydrogen-bond donors (Lipinski definition) is 3. The van der Waals surface area contributed by atoms with Crippen molar-refractivity contribution in [3.05, 3.63) is 13.2 Å². The Kier molecular flexibility index (Phi) is 10.3. The minimum Gasteiger partial charge on any atom is -0.328 e. The summed E-state index contributed by atoms with van der Waals surface area (Å²) >= 11 is 3.79. The first-order chi connectivity index (χ1) is 16.0. The minimum absolute atomic E-state index is 0.494. The maximum Gasteiger partial charge on any atom is 0.0258 e. The predicted molar refractivity (Wildman–Crippen MR) is 149 cm³/mol. The van der Waals surface area contributed by atoms with Crippen LogP contribution in [0.3, 0.4) is 0 Å². The first-order valence-corrected chi connectivity index (χ1v) is 15.3. The molecule has 0 aromatic rings. The van der Waals surface area contributed by atoms with Gasteiger partial charge in [0.05, 0.1) is 0 Å². The minimum atomic E-state index is 0.494. The van der Waals surface area contributed by atoms with Crippen LogP contribution in [0, 0.1) is 35.0 Å². The van der Waals surface area contributed by atoms with E-state index in [9.17, 15) is 0 Å². The van der Waals surface area contributed by atoms with Crippen LogP contribution in [0.1, 0.15) is 117 Å². The van der Waals surface area contributed by atoms with Crippen molar-refractivity contribution in [2.45, 2.75) is 135 Å². The van der Waals surface area contributed by atoms with Gasteiger partial charge in [-0.05, 0) is 105 Å². The second-order valence-electron chi connectivity index (χ2n) is 12.2. The average molecular weight is 477 g/mol. The van der Waals surface area contributed by atoms with Crippen LogP contribution >= 0.6 is 12.6 Å². The molecule has 0 aromatic heterocycles. The first-order valence-electron chi connectivity index (χ1n) is 14.6. The van der Waals surface area contributed by atoms with Gasteiger partial charge < -0.3 is 11.1 Å². The molecule has 1 heterocycles. The topological polar surface area (TPSA) is 38.0 Å². The third-order valence-electron chi connectivity index (χ3n) is 10.8. The smallest absolute Gasteiger partial charge is 0.0258 e. The van der Waals surface area contributed by atoms with Crippen molar-refractivity contribution >= 4 is 12.6 Å². The van der Waals surface area contributed by atoms with E-state index in [1.54, 1.807) is 0 Å². The highest BCUT2D eigenvalue weighted by Crippen LogP contribution is 2.67. The molecule has 9 atom stereocenters. The zero-order chi connectivity index (χ0) is 24.1. The molecule has 0 aromatic carbocycles. The van der Waals surface area contributed by atoms with Crippen molar-refractivity contribution in [2.24, 2.45) is 40.7 Å². The third-order valence-corrected chi connectivity index (χ3v) is 10.8. The second kappa shape index (κ2) is 12.3. The van der Waals surface area contributed by atoms with Gasteiger partial charge in [-0.15, -0.1) is 13.2 Å². The second-order valence-corrected chi connectivity index (χ2v) is 12.9. The Balaban J connectivity index is 0.000000293. The number of nitrogens with two attached hydrogens (primary N) is 1. The Hall–Kier alpha value is 0.0100. The van der Waals surface area contributed by atoms with E-state index >= 15 is 0 Å². The molecule has 2 nitrogen and oxygen atoms in total. The fraction of sp³-hybridized carbons (Fsp3) is 0.933. The lowest BCUT2D eigenvalue weighted by atomic mass is 9.44. The number of rotatable bonds is 2. The zero-order valence-corrected chi connectivity index (χ0v) is 23.2. The van der Waals surface area contributed by atoms with Crippen LogP contribution < -0.4 is 11.1 Å². The van der Waals surface area contributed by atoms with E-state index < -0.39 is 0 Å². The quantitative estimate of drug-likeness (QED) is 0.281. The highest BCUT2D eigenvalue weighted by atomic mass is 32.1. The summed E-state index contributed by atoms with van der Waals surface area (Å²) in [5.74, 6) is 5.92. The van der Waals surface area contributed by atoms with Crippen molar-refractivity contribution in [3.63, 3.8) is 0 Å². The molecule has 5 saturated carbocycles. The SMILES string of the molecule is C1CCC1.C=C.CCCC1NC23CCC4C(CCC5CC(N)CCC54C)C2CCC13.CCS. The molecule has 3 N–H and O–H groups in total. The molecule has 1 spiro atoms. The maximum atomic E-state index is 6.34. The lowest BCUT2D eigenvalue weighted by Crippen LogP contribution is -2.74. The van der Waals surface area contributed by atoms with Crippen LogP contribution in [-0.2, 0) is 0 Å². The third kappa shape index (κ3) is 5.26. The van der Waals surface area contributed by atoms with Crippen molar-refractivity contribution in [3.8, 4) is 0 Å². The summed E-state index contributed by atoms with van der Waals surface area (Å²) in [5.41, 5.74) is 7.53. The standard InChI is InChI=1S/C22H38N2.C4H8.C2H6S.C2H4/c1-3-4-20-19-8-7-18-16-6-5-14-13-15(23)9-11-21(14,2)17(16)10-12-22(18,19)24-20;1-2-4-3-1;1-2-3;1-2/h14-20,24H,3-13,23H2,1-2H3;1-4H2;3H,2H2,1H3;1-2H2. The van der Waals surface area contributed by atoms with Gasteiger partial charge in [0.1, 0.15) is 0 Å². The van der Waals surface area contributed by atoms with Crippen LogP contribution in [0.4, 0.5) is 0 Å². The lowest BCUT2D eigenvalue weighted by Gasteiger charge is -2.65. The van der Waals surface area contributed by atoms with Crippen molar-refractivity contribution in [2.75, 3.05) is 5.75 Å². The van der Waals surface area contributed by atoms with E-state index in [0.29, 0.717) is 17.0 Å².